The van der Waals surface area contributed by atoms with Crippen molar-refractivity contribution in [2.45, 2.75) is 12.8 Å². The van der Waals surface area contributed by atoms with E-state index >= 15 is 0 Å². The van der Waals surface area contributed by atoms with Gasteiger partial charge in [-0.05, 0) is 31.5 Å². The first-order chi connectivity index (χ1) is 6.74. The molecule has 0 aliphatic carbocycles. The standard InChI is InChI=1S/C10H13F2NO/c11-8-3-4-10(9(12)7-8)14-6-2-1-5-13/h3-4,7H,1-2,5-6,13H2. The van der Waals surface area contributed by atoms with Crippen LogP contribution in [0, 0.1) is 11.6 Å². The van der Waals surface area contributed by atoms with Crippen molar-refractivity contribution >= 4 is 0 Å². The zero-order valence-electron chi connectivity index (χ0n) is 7.80. The van der Waals surface area contributed by atoms with Crippen LogP contribution in [0.2, 0.25) is 0 Å². The molecule has 1 aromatic rings. The normalized spacial score (nSPS) is 10.2. The first-order valence-corrected chi connectivity index (χ1v) is 4.52. The van der Waals surface area contributed by atoms with E-state index in [1.54, 1.807) is 0 Å². The summed E-state index contributed by atoms with van der Waals surface area (Å²) in [5, 5.41) is 0. The Kier molecular flexibility index (Phi) is 4.32. The zero-order valence-corrected chi connectivity index (χ0v) is 7.80. The minimum absolute atomic E-state index is 0.0865. The van der Waals surface area contributed by atoms with Gasteiger partial charge in [-0.3, -0.25) is 0 Å². The lowest BCUT2D eigenvalue weighted by atomic mass is 10.3. The maximum atomic E-state index is 13.0. The summed E-state index contributed by atoms with van der Waals surface area (Å²) < 4.78 is 30.5. The van der Waals surface area contributed by atoms with E-state index in [0.717, 1.165) is 18.9 Å². The predicted molar refractivity (Wildman–Crippen MR) is 50.1 cm³/mol. The molecule has 1 aromatic carbocycles. The smallest absolute Gasteiger partial charge is 0.167 e. The minimum Gasteiger partial charge on any atom is -0.491 e. The van der Waals surface area contributed by atoms with E-state index in [0.29, 0.717) is 13.2 Å². The molecule has 0 fully saturated rings. The van der Waals surface area contributed by atoms with Gasteiger partial charge in [-0.15, -0.1) is 0 Å². The highest BCUT2D eigenvalue weighted by atomic mass is 19.1. The molecule has 2 N–H and O–H groups in total. The summed E-state index contributed by atoms with van der Waals surface area (Å²) in [5.74, 6) is -1.18. The average Bonchev–Trinajstić information content (AvgIpc) is 2.15. The topological polar surface area (TPSA) is 35.2 Å². The van der Waals surface area contributed by atoms with Crippen molar-refractivity contribution in [3.8, 4) is 5.75 Å². The molecule has 2 nitrogen and oxygen atoms in total. The van der Waals surface area contributed by atoms with Crippen molar-refractivity contribution in [3.63, 3.8) is 0 Å². The number of ether oxygens (including phenoxy) is 1. The second-order valence-electron chi connectivity index (χ2n) is 2.92. The van der Waals surface area contributed by atoms with Gasteiger partial charge in [-0.25, -0.2) is 8.78 Å². The van der Waals surface area contributed by atoms with Gasteiger partial charge in [0.2, 0.25) is 0 Å². The van der Waals surface area contributed by atoms with Gasteiger partial charge in [-0.1, -0.05) is 0 Å². The minimum atomic E-state index is -0.669. The van der Waals surface area contributed by atoms with E-state index in [4.69, 9.17) is 10.5 Å². The second-order valence-corrected chi connectivity index (χ2v) is 2.92. The Morgan fingerprint density at radius 2 is 2.00 bits per heavy atom. The van der Waals surface area contributed by atoms with Crippen molar-refractivity contribution < 1.29 is 13.5 Å². The third-order valence-corrected chi connectivity index (χ3v) is 1.75. The lowest BCUT2D eigenvalue weighted by molar-refractivity contribution is 0.292. The molecule has 1 rings (SSSR count). The summed E-state index contributed by atoms with van der Waals surface area (Å²) >= 11 is 0. The highest BCUT2D eigenvalue weighted by Crippen LogP contribution is 2.17. The van der Waals surface area contributed by atoms with Gasteiger partial charge in [0, 0.05) is 6.07 Å². The van der Waals surface area contributed by atoms with E-state index in [1.807, 2.05) is 0 Å². The molecule has 0 saturated heterocycles. The molecule has 14 heavy (non-hydrogen) atoms. The molecule has 0 aliphatic rings. The van der Waals surface area contributed by atoms with Gasteiger partial charge in [0.05, 0.1) is 6.61 Å². The molecule has 0 heterocycles. The van der Waals surface area contributed by atoms with E-state index in [-0.39, 0.29) is 5.75 Å². The van der Waals surface area contributed by atoms with E-state index < -0.39 is 11.6 Å². The van der Waals surface area contributed by atoms with Gasteiger partial charge in [0.25, 0.3) is 0 Å². The Morgan fingerprint density at radius 3 is 2.64 bits per heavy atom. The number of halogens is 2. The van der Waals surface area contributed by atoms with Crippen LogP contribution < -0.4 is 10.5 Å². The molecule has 78 valence electrons. The quantitative estimate of drug-likeness (QED) is 0.740. The summed E-state index contributed by atoms with van der Waals surface area (Å²) in [4.78, 5) is 0. The molecule has 0 spiro atoms. The first-order valence-electron chi connectivity index (χ1n) is 4.52. The van der Waals surface area contributed by atoms with Crippen molar-refractivity contribution in [1.82, 2.24) is 0 Å². The molecular weight excluding hydrogens is 188 g/mol. The van der Waals surface area contributed by atoms with Crippen LogP contribution in [0.3, 0.4) is 0 Å². The summed E-state index contributed by atoms with van der Waals surface area (Å²) in [7, 11) is 0. The Bertz CT molecular complexity index is 291. The Morgan fingerprint density at radius 1 is 1.21 bits per heavy atom. The number of rotatable bonds is 5. The fourth-order valence-electron chi connectivity index (χ4n) is 1.02. The molecular formula is C10H13F2NO. The number of nitrogens with two attached hydrogens (primary N) is 1. The molecule has 0 unspecified atom stereocenters. The van der Waals surface area contributed by atoms with Crippen molar-refractivity contribution in [3.05, 3.63) is 29.8 Å². The van der Waals surface area contributed by atoms with Gasteiger partial charge >= 0.3 is 0 Å². The number of unbranched alkanes of at least 4 members (excludes halogenated alkanes) is 1. The number of benzene rings is 1. The van der Waals surface area contributed by atoms with Gasteiger partial charge in [0.1, 0.15) is 5.82 Å². The van der Waals surface area contributed by atoms with E-state index in [2.05, 4.69) is 0 Å². The third kappa shape index (κ3) is 3.30. The Balaban J connectivity index is 2.42. The molecule has 0 aromatic heterocycles. The highest BCUT2D eigenvalue weighted by molar-refractivity contribution is 5.24. The van der Waals surface area contributed by atoms with Crippen LogP contribution in [0.1, 0.15) is 12.8 Å². The highest BCUT2D eigenvalue weighted by Gasteiger charge is 2.03. The van der Waals surface area contributed by atoms with E-state index in [1.165, 1.54) is 12.1 Å². The second kappa shape index (κ2) is 5.54. The lowest BCUT2D eigenvalue weighted by Crippen LogP contribution is -2.04. The molecule has 0 bridgehead atoms. The van der Waals surface area contributed by atoms with Crippen molar-refractivity contribution in [2.75, 3.05) is 13.2 Å². The fraction of sp³-hybridized carbons (Fsp3) is 0.400. The lowest BCUT2D eigenvalue weighted by Gasteiger charge is -2.06. The maximum Gasteiger partial charge on any atom is 0.167 e. The molecule has 4 heteroatoms. The summed E-state index contributed by atoms with van der Waals surface area (Å²) in [5.41, 5.74) is 5.28. The van der Waals surface area contributed by atoms with Crippen molar-refractivity contribution in [1.29, 1.82) is 0 Å². The van der Waals surface area contributed by atoms with E-state index in [9.17, 15) is 8.78 Å². The van der Waals surface area contributed by atoms with Crippen LogP contribution in [0.25, 0.3) is 0 Å². The molecule has 0 amide bonds. The Hall–Kier alpha value is -1.16. The Labute approximate surface area is 81.7 Å². The monoisotopic (exact) mass is 201 g/mol. The zero-order chi connectivity index (χ0) is 10.4. The molecule has 0 atom stereocenters. The molecule has 0 saturated carbocycles. The van der Waals surface area contributed by atoms with Crippen LogP contribution >= 0.6 is 0 Å². The molecule has 0 aliphatic heterocycles. The van der Waals surface area contributed by atoms with Crippen LogP contribution in [-0.2, 0) is 0 Å². The maximum absolute atomic E-state index is 13.0. The van der Waals surface area contributed by atoms with Gasteiger partial charge < -0.3 is 10.5 Å². The summed E-state index contributed by atoms with van der Waals surface area (Å²) in [6.45, 7) is 0.995. The molecule has 0 radical (unpaired) electrons. The largest absolute Gasteiger partial charge is 0.491 e. The van der Waals surface area contributed by atoms with Crippen molar-refractivity contribution in [2.24, 2.45) is 5.73 Å². The predicted octanol–water partition coefficient (Wildman–Crippen LogP) is 2.08. The third-order valence-electron chi connectivity index (χ3n) is 1.75. The number of hydrogen-bond acceptors (Lipinski definition) is 2. The van der Waals surface area contributed by atoms with Crippen LogP contribution in [0.5, 0.6) is 5.75 Å². The SMILES string of the molecule is NCCCCOc1ccc(F)cc1F. The summed E-state index contributed by atoms with van der Waals surface area (Å²) in [6, 6.07) is 3.26. The summed E-state index contributed by atoms with van der Waals surface area (Å²) in [6.07, 6.45) is 1.61. The fourth-order valence-corrected chi connectivity index (χ4v) is 1.02. The average molecular weight is 201 g/mol. The number of hydrogen-bond donors (Lipinski definition) is 1. The van der Waals surface area contributed by atoms with Crippen LogP contribution in [0.15, 0.2) is 18.2 Å². The van der Waals surface area contributed by atoms with Crippen LogP contribution in [0.4, 0.5) is 8.78 Å². The first kappa shape index (κ1) is 10.9. The van der Waals surface area contributed by atoms with Gasteiger partial charge in [-0.2, -0.15) is 0 Å². The van der Waals surface area contributed by atoms with Crippen LogP contribution in [-0.4, -0.2) is 13.2 Å². The van der Waals surface area contributed by atoms with Gasteiger partial charge in [0.15, 0.2) is 11.6 Å².